The predicted molar refractivity (Wildman–Crippen MR) is 29.9 cm³/mol. The number of carbonyl (C=O) groups is 3. The van der Waals surface area contributed by atoms with Gasteiger partial charge in [0.15, 0.2) is 0 Å². The Morgan fingerprint density at radius 3 is 1.40 bits per heavy atom. The summed E-state index contributed by atoms with van der Waals surface area (Å²) in [6.45, 7) is 0. The first-order valence-corrected chi connectivity index (χ1v) is 3.87. The molecule has 0 spiro atoms. The van der Waals surface area contributed by atoms with E-state index in [1.807, 2.05) is 0 Å². The Labute approximate surface area is 92.7 Å². The second kappa shape index (κ2) is 7.10. The molecule has 0 aliphatic heterocycles. The maximum atomic E-state index is 10.1. The van der Waals surface area contributed by atoms with Crippen LogP contribution in [-0.4, -0.2) is 28.6 Å². The van der Waals surface area contributed by atoms with Crippen LogP contribution in [-0.2, 0) is 35.4 Å². The van der Waals surface area contributed by atoms with Crippen LogP contribution in [0.15, 0.2) is 0 Å². The molecule has 0 rings (SSSR count). The van der Waals surface area contributed by atoms with Gasteiger partial charge in [0.25, 0.3) is 0 Å². The minimum absolute atomic E-state index is 1.06. The van der Waals surface area contributed by atoms with Crippen LogP contribution >= 0.6 is 0 Å². The number of rotatable bonds is 5. The van der Waals surface area contributed by atoms with E-state index in [9.17, 15) is 29.7 Å². The molecular weight excluding hydrogens is 251 g/mol. The van der Waals surface area contributed by atoms with Crippen molar-refractivity contribution in [1.29, 1.82) is 0 Å². The summed E-state index contributed by atoms with van der Waals surface area (Å²) in [4.78, 5) is 30.0. The molecule has 0 unspecified atom stereocenters. The van der Waals surface area contributed by atoms with Gasteiger partial charge >= 0.3 is 21.0 Å². The third kappa shape index (κ3) is 6.78. The third-order valence-corrected chi connectivity index (χ3v) is 1.25. The molecule has 0 amide bonds. The zero-order valence-electron chi connectivity index (χ0n) is 7.17. The zero-order chi connectivity index (χ0) is 12.6. The monoisotopic (exact) mass is 256 g/mol. The molecule has 0 heterocycles. The van der Waals surface area contributed by atoms with Crippen LogP contribution in [0, 0.1) is 0 Å². The predicted octanol–water partition coefficient (Wildman–Crippen LogP) is -5.37. The van der Waals surface area contributed by atoms with Gasteiger partial charge in [0, 0.05) is 24.8 Å². The maximum absolute atomic E-state index is 10.1. The number of aliphatic hydroxyl groups is 1. The van der Waals surface area contributed by atoms with E-state index in [2.05, 4.69) is 0 Å². The quantitative estimate of drug-likeness (QED) is 0.510. The van der Waals surface area contributed by atoms with Crippen molar-refractivity contribution in [3.8, 4) is 0 Å². The molecule has 15 heavy (non-hydrogen) atoms. The van der Waals surface area contributed by atoms with Crippen molar-refractivity contribution in [3.05, 3.63) is 0 Å². The number of hydrogen-bond donors (Lipinski definition) is 1. The van der Waals surface area contributed by atoms with Gasteiger partial charge in [0.05, 0.1) is 5.97 Å². The first kappa shape index (κ1) is 16.2. The number of carboxylic acid groups (broad SMARTS) is 3. The van der Waals surface area contributed by atoms with E-state index in [-0.39, 0.29) is 0 Å². The summed E-state index contributed by atoms with van der Waals surface area (Å²) < 4.78 is 8.19. The second-order valence-corrected chi connectivity index (χ2v) is 2.42. The Morgan fingerprint density at radius 2 is 1.27 bits per heavy atom. The molecule has 0 radical (unpaired) electrons. The normalized spacial score (nSPS) is 9.80. The Hall–Kier alpha value is -1.25. The van der Waals surface area contributed by atoms with Gasteiger partial charge in [-0.2, -0.15) is 0 Å². The Morgan fingerprint density at radius 1 is 1.00 bits per heavy atom. The fourth-order valence-electron chi connectivity index (χ4n) is 0.684. The Bertz CT molecular complexity index is 246. The Kier molecular flexibility index (Phi) is 7.67. The van der Waals surface area contributed by atoms with Crippen LogP contribution in [0.2, 0.25) is 0 Å². The number of carboxylic acids is 3. The van der Waals surface area contributed by atoms with Crippen LogP contribution < -0.4 is 15.3 Å². The molecule has 83 valence electrons. The van der Waals surface area contributed by atoms with E-state index in [4.69, 9.17) is 8.78 Å². The summed E-state index contributed by atoms with van der Waals surface area (Å²) in [6.07, 6.45) is -2.72. The molecule has 0 saturated carbocycles. The summed E-state index contributed by atoms with van der Waals surface area (Å²) in [5.74, 6) is -5.98. The van der Waals surface area contributed by atoms with Gasteiger partial charge in [0.2, 0.25) is 0 Å². The van der Waals surface area contributed by atoms with Crippen molar-refractivity contribution in [2.75, 3.05) is 0 Å². The molecule has 0 saturated heterocycles. The summed E-state index contributed by atoms with van der Waals surface area (Å²) in [5, 5.41) is 38.9. The van der Waals surface area contributed by atoms with Gasteiger partial charge in [-0.05, 0) is 0 Å². The first-order chi connectivity index (χ1) is 6.78. The van der Waals surface area contributed by atoms with Gasteiger partial charge in [-0.3, -0.25) is 0 Å². The molecule has 0 bridgehead atoms. The fourth-order valence-corrected chi connectivity index (χ4v) is 0.684. The topological polar surface area (TPSA) is 158 Å². The van der Waals surface area contributed by atoms with Crippen molar-refractivity contribution in [2.45, 2.75) is 18.4 Å². The Balaban J connectivity index is 0. The molecule has 8 nitrogen and oxygen atoms in total. The summed E-state index contributed by atoms with van der Waals surface area (Å²) in [7, 11) is 0. The second-order valence-electron chi connectivity index (χ2n) is 2.42. The van der Waals surface area contributed by atoms with Gasteiger partial charge in [-0.15, -0.1) is 0 Å². The molecule has 1 N–H and O–H groups in total. The molecule has 0 fully saturated rings. The molecule has 0 aliphatic rings. The number of carbonyl (C=O) groups excluding carboxylic acids is 3. The van der Waals surface area contributed by atoms with E-state index in [1.165, 1.54) is 0 Å². The first-order valence-electron chi connectivity index (χ1n) is 3.30. The number of aliphatic carboxylic acids is 3. The molecule has 0 aromatic rings. The summed E-state index contributed by atoms with van der Waals surface area (Å²) in [6, 6.07) is 0. The average molecular weight is 256 g/mol. The van der Waals surface area contributed by atoms with Crippen LogP contribution in [0.1, 0.15) is 12.8 Å². The zero-order valence-corrected chi connectivity index (χ0v) is 8.56. The van der Waals surface area contributed by atoms with Gasteiger partial charge in [-0.25, -0.2) is 0 Å². The molecular formula is C6H5O8V-. The van der Waals surface area contributed by atoms with Crippen molar-refractivity contribution in [1.82, 2.24) is 0 Å². The minimum atomic E-state index is -2.97. The van der Waals surface area contributed by atoms with Crippen LogP contribution in [0.3, 0.4) is 0 Å². The fraction of sp³-hybridized carbons (Fsp3) is 0.500. The van der Waals surface area contributed by atoms with Gasteiger partial charge in [0.1, 0.15) is 5.60 Å². The van der Waals surface area contributed by atoms with Gasteiger partial charge in [-0.1, -0.05) is 0 Å². The molecule has 9 heteroatoms. The van der Waals surface area contributed by atoms with Crippen molar-refractivity contribution in [3.63, 3.8) is 0 Å². The van der Waals surface area contributed by atoms with E-state index < -0.39 is 36.4 Å². The van der Waals surface area contributed by atoms with Crippen LogP contribution in [0.4, 0.5) is 0 Å². The van der Waals surface area contributed by atoms with Crippen molar-refractivity contribution in [2.24, 2.45) is 0 Å². The van der Waals surface area contributed by atoms with E-state index in [0.717, 1.165) is 17.4 Å². The third-order valence-electron chi connectivity index (χ3n) is 1.25. The van der Waals surface area contributed by atoms with Crippen LogP contribution in [0.25, 0.3) is 0 Å². The molecule has 0 atom stereocenters. The van der Waals surface area contributed by atoms with E-state index in [1.54, 1.807) is 0 Å². The summed E-state index contributed by atoms with van der Waals surface area (Å²) in [5.41, 5.74) is -2.97. The average Bonchev–Trinajstić information content (AvgIpc) is 2.04. The molecule has 0 aromatic heterocycles. The standard InChI is InChI=1S/C6H8O7.O.V/c7-3(8)1-6(13,5(11)12)2-4(9)10;;/h13H,1-2H2,(H,7,8)(H,9,10)(H,11,12);;/q;;+2/p-3. The van der Waals surface area contributed by atoms with Crippen LogP contribution in [0.5, 0.6) is 0 Å². The number of hydrogen-bond acceptors (Lipinski definition) is 8. The van der Waals surface area contributed by atoms with Gasteiger partial charge < -0.3 is 34.8 Å². The SMILES string of the molecule is O=C([O-])CC(O)(CC(=O)[O-])C(=O)[O-].[O]=[V+2]. The van der Waals surface area contributed by atoms with E-state index >= 15 is 0 Å². The molecule has 0 aromatic carbocycles. The van der Waals surface area contributed by atoms with Crippen molar-refractivity contribution >= 4 is 17.9 Å². The van der Waals surface area contributed by atoms with E-state index in [0.29, 0.717) is 0 Å². The summed E-state index contributed by atoms with van der Waals surface area (Å²) >= 11 is 1.06. The molecule has 0 aliphatic carbocycles. The van der Waals surface area contributed by atoms with Crippen molar-refractivity contribution < 1.29 is 55.9 Å².